The number of hydrogen-bond donors (Lipinski definition) is 2. The van der Waals surface area contributed by atoms with Gasteiger partial charge in [-0.15, -0.1) is 0 Å². The number of halogens is 1. The maximum Gasteiger partial charge on any atom is 0.414 e. The molecule has 0 bridgehead atoms. The Bertz CT molecular complexity index is 1350. The van der Waals surface area contributed by atoms with Crippen molar-refractivity contribution in [3.63, 3.8) is 0 Å². The van der Waals surface area contributed by atoms with Gasteiger partial charge in [0.05, 0.1) is 12.0 Å². The predicted octanol–water partition coefficient (Wildman–Crippen LogP) is 3.08. The number of aliphatic carboxylic acids is 2. The van der Waals surface area contributed by atoms with E-state index in [0.29, 0.717) is 50.8 Å². The molecular weight excluding hydrogens is 531 g/mol. The molecule has 1 heterocycles. The van der Waals surface area contributed by atoms with Gasteiger partial charge >= 0.3 is 11.9 Å². The molecule has 0 unspecified atom stereocenters. The second-order valence-electron chi connectivity index (χ2n) is 8.50. The van der Waals surface area contributed by atoms with Crippen LogP contribution in [0.4, 0.5) is 4.39 Å². The van der Waals surface area contributed by atoms with Gasteiger partial charge in [-0.05, 0) is 47.5 Å². The van der Waals surface area contributed by atoms with Crippen molar-refractivity contribution in [2.75, 3.05) is 33.3 Å². The largest absolute Gasteiger partial charge is 0.493 e. The Labute approximate surface area is 225 Å². The third-order valence-corrected chi connectivity index (χ3v) is 7.75. The van der Waals surface area contributed by atoms with Crippen molar-refractivity contribution in [3.05, 3.63) is 89.7 Å². The van der Waals surface area contributed by atoms with Gasteiger partial charge in [0.15, 0.2) is 11.5 Å². The third-order valence-electron chi connectivity index (χ3n) is 5.84. The van der Waals surface area contributed by atoms with Crippen molar-refractivity contribution in [2.45, 2.75) is 18.0 Å². The van der Waals surface area contributed by atoms with Crippen molar-refractivity contribution in [2.24, 2.45) is 0 Å². The summed E-state index contributed by atoms with van der Waals surface area (Å²) in [5, 5.41) is 14.8. The van der Waals surface area contributed by atoms with Gasteiger partial charge in [-0.1, -0.05) is 36.4 Å². The topological polar surface area (TPSA) is 134 Å². The summed E-state index contributed by atoms with van der Waals surface area (Å²) >= 11 is 0. The van der Waals surface area contributed by atoms with Gasteiger partial charge in [0.25, 0.3) is 0 Å². The zero-order valence-corrected chi connectivity index (χ0v) is 22.0. The van der Waals surface area contributed by atoms with Crippen LogP contribution in [0.3, 0.4) is 0 Å². The monoisotopic (exact) mass is 560 g/mol. The van der Waals surface area contributed by atoms with E-state index in [-0.39, 0.29) is 4.90 Å². The Morgan fingerprint density at radius 2 is 1.46 bits per heavy atom. The van der Waals surface area contributed by atoms with Crippen molar-refractivity contribution in [1.82, 2.24) is 9.21 Å². The first kappa shape index (κ1) is 29.6. The molecule has 3 aromatic carbocycles. The van der Waals surface area contributed by atoms with Crippen LogP contribution in [0.25, 0.3) is 0 Å². The van der Waals surface area contributed by atoms with E-state index in [4.69, 9.17) is 29.3 Å². The molecule has 12 heteroatoms. The molecular formula is C27H29FN2O8S. The number of rotatable bonds is 8. The van der Waals surface area contributed by atoms with E-state index in [9.17, 15) is 12.8 Å². The number of nitrogens with zero attached hydrogens (tertiary/aromatic N) is 2. The molecule has 2 N–H and O–H groups in total. The Balaban J connectivity index is 0.000000631. The van der Waals surface area contributed by atoms with Crippen LogP contribution < -0.4 is 9.47 Å². The summed E-state index contributed by atoms with van der Waals surface area (Å²) in [5.41, 5.74) is 2.14. The van der Waals surface area contributed by atoms with E-state index in [1.54, 1.807) is 7.11 Å². The first-order valence-electron chi connectivity index (χ1n) is 11.9. The lowest BCUT2D eigenvalue weighted by Crippen LogP contribution is -2.48. The van der Waals surface area contributed by atoms with E-state index in [2.05, 4.69) is 4.90 Å². The van der Waals surface area contributed by atoms with Gasteiger partial charge in [0, 0.05) is 32.7 Å². The zero-order valence-electron chi connectivity index (χ0n) is 21.2. The van der Waals surface area contributed by atoms with Crippen molar-refractivity contribution >= 4 is 22.0 Å². The molecule has 0 aliphatic carbocycles. The lowest BCUT2D eigenvalue weighted by atomic mass is 10.1. The van der Waals surface area contributed by atoms with E-state index in [1.165, 1.54) is 28.6 Å². The maximum absolute atomic E-state index is 13.1. The molecule has 0 aromatic heterocycles. The second kappa shape index (κ2) is 13.7. The summed E-state index contributed by atoms with van der Waals surface area (Å²) in [6, 6.07) is 20.8. The number of ether oxygens (including phenoxy) is 2. The summed E-state index contributed by atoms with van der Waals surface area (Å²) in [6.07, 6.45) is 0. The van der Waals surface area contributed by atoms with Gasteiger partial charge in [-0.25, -0.2) is 22.4 Å². The number of piperazine rings is 1. The molecule has 1 saturated heterocycles. The van der Waals surface area contributed by atoms with Crippen molar-refractivity contribution in [1.29, 1.82) is 0 Å². The van der Waals surface area contributed by atoms with E-state index in [0.717, 1.165) is 11.1 Å². The normalized spacial score (nSPS) is 14.1. The number of methoxy groups -OCH3 is 1. The molecule has 0 amide bonds. The minimum atomic E-state index is -3.62. The summed E-state index contributed by atoms with van der Waals surface area (Å²) in [5.74, 6) is -2.75. The molecule has 1 fully saturated rings. The molecule has 0 radical (unpaired) electrons. The molecule has 208 valence electrons. The Morgan fingerprint density at radius 3 is 2.03 bits per heavy atom. The summed E-state index contributed by atoms with van der Waals surface area (Å²) in [6.45, 7) is 3.12. The van der Waals surface area contributed by atoms with Crippen LogP contribution in [0.15, 0.2) is 77.7 Å². The first-order chi connectivity index (χ1) is 18.6. The molecule has 0 saturated carbocycles. The molecule has 0 spiro atoms. The Morgan fingerprint density at radius 1 is 0.846 bits per heavy atom. The standard InChI is InChI=1S/C25H27FN2O4S.C2H2O4/c1-31-25-17-21(7-12-24(25)32-19-20-5-3-2-4-6-20)18-27-13-15-28(16-14-27)33(29,30)23-10-8-22(26)9-11-23;3-1(4)2(5)6/h2-12,17H,13-16,18-19H2,1H3;(H,3,4)(H,5,6). The maximum atomic E-state index is 13.1. The van der Waals surface area contributed by atoms with Crippen LogP contribution in [0, 0.1) is 5.82 Å². The lowest BCUT2D eigenvalue weighted by molar-refractivity contribution is -0.159. The number of carbonyl (C=O) groups is 2. The predicted molar refractivity (Wildman–Crippen MR) is 139 cm³/mol. The van der Waals surface area contributed by atoms with Crippen molar-refractivity contribution in [3.8, 4) is 11.5 Å². The molecule has 4 rings (SSSR count). The van der Waals surface area contributed by atoms with Crippen LogP contribution in [0.1, 0.15) is 11.1 Å². The van der Waals surface area contributed by atoms with Crippen LogP contribution in [-0.4, -0.2) is 73.1 Å². The number of hydrogen-bond acceptors (Lipinski definition) is 7. The first-order valence-corrected chi connectivity index (χ1v) is 13.3. The van der Waals surface area contributed by atoms with Gasteiger partial charge in [0.1, 0.15) is 12.4 Å². The molecule has 1 aliphatic heterocycles. The third kappa shape index (κ3) is 8.50. The summed E-state index contributed by atoms with van der Waals surface area (Å²) in [4.78, 5) is 20.5. The Kier molecular flexibility index (Phi) is 10.4. The molecule has 1 aliphatic rings. The fourth-order valence-corrected chi connectivity index (χ4v) is 5.23. The van der Waals surface area contributed by atoms with Crippen LogP contribution >= 0.6 is 0 Å². The average molecular weight is 561 g/mol. The van der Waals surface area contributed by atoms with E-state index >= 15 is 0 Å². The fraction of sp³-hybridized carbons (Fsp3) is 0.259. The van der Waals surface area contributed by atoms with Gasteiger partial charge < -0.3 is 19.7 Å². The van der Waals surface area contributed by atoms with Crippen LogP contribution in [-0.2, 0) is 32.8 Å². The number of benzene rings is 3. The lowest BCUT2D eigenvalue weighted by Gasteiger charge is -2.34. The smallest absolute Gasteiger partial charge is 0.414 e. The number of carboxylic acids is 2. The number of sulfonamides is 1. The van der Waals surface area contributed by atoms with Gasteiger partial charge in [-0.2, -0.15) is 4.31 Å². The molecule has 10 nitrogen and oxygen atoms in total. The zero-order chi connectivity index (χ0) is 28.4. The molecule has 39 heavy (non-hydrogen) atoms. The highest BCUT2D eigenvalue weighted by Gasteiger charge is 2.28. The quantitative estimate of drug-likeness (QED) is 0.399. The highest BCUT2D eigenvalue weighted by atomic mass is 32.2. The number of carboxylic acid groups (broad SMARTS) is 2. The van der Waals surface area contributed by atoms with Gasteiger partial charge in [0.2, 0.25) is 10.0 Å². The fourth-order valence-electron chi connectivity index (χ4n) is 3.81. The van der Waals surface area contributed by atoms with Crippen molar-refractivity contribution < 1.29 is 42.1 Å². The Hall–Kier alpha value is -4.00. The van der Waals surface area contributed by atoms with E-state index < -0.39 is 27.8 Å². The molecule has 3 aromatic rings. The molecule has 0 atom stereocenters. The summed E-state index contributed by atoms with van der Waals surface area (Å²) < 4.78 is 51.7. The minimum absolute atomic E-state index is 0.119. The van der Waals surface area contributed by atoms with Gasteiger partial charge in [-0.3, -0.25) is 4.90 Å². The summed E-state index contributed by atoms with van der Waals surface area (Å²) in [7, 11) is -2.00. The minimum Gasteiger partial charge on any atom is -0.493 e. The van der Waals surface area contributed by atoms with Crippen LogP contribution in [0.5, 0.6) is 11.5 Å². The van der Waals surface area contributed by atoms with Crippen LogP contribution in [0.2, 0.25) is 0 Å². The highest BCUT2D eigenvalue weighted by Crippen LogP contribution is 2.29. The average Bonchev–Trinajstić information content (AvgIpc) is 2.93. The SMILES string of the molecule is COc1cc(CN2CCN(S(=O)(=O)c3ccc(F)cc3)CC2)ccc1OCc1ccccc1.O=C(O)C(=O)O. The van der Waals surface area contributed by atoms with E-state index in [1.807, 2.05) is 48.5 Å². The highest BCUT2D eigenvalue weighted by molar-refractivity contribution is 7.89. The second-order valence-corrected chi connectivity index (χ2v) is 10.4.